The second-order valence-electron chi connectivity index (χ2n) is 4.61. The number of primary amides is 1. The highest BCUT2D eigenvalue weighted by Crippen LogP contribution is 2.25. The van der Waals surface area contributed by atoms with Crippen molar-refractivity contribution in [3.05, 3.63) is 23.8 Å². The van der Waals surface area contributed by atoms with Gasteiger partial charge in [-0.05, 0) is 37.1 Å². The summed E-state index contributed by atoms with van der Waals surface area (Å²) in [4.78, 5) is 13.4. The summed E-state index contributed by atoms with van der Waals surface area (Å²) >= 11 is 0. The molecule has 0 bridgehead atoms. The molecule has 0 aromatic heterocycles. The van der Waals surface area contributed by atoms with Gasteiger partial charge in [-0.3, -0.25) is 9.69 Å². The van der Waals surface area contributed by atoms with E-state index in [9.17, 15) is 4.79 Å². The number of carbonyl (C=O) groups is 1. The molecule has 1 amide bonds. The lowest BCUT2D eigenvalue weighted by Crippen LogP contribution is -2.39. The van der Waals surface area contributed by atoms with E-state index in [0.717, 1.165) is 24.9 Å². The van der Waals surface area contributed by atoms with Crippen molar-refractivity contribution in [3.63, 3.8) is 0 Å². The van der Waals surface area contributed by atoms with Gasteiger partial charge >= 0.3 is 0 Å². The first kappa shape index (κ1) is 12.7. The SMILES string of the molecule is COc1ccc(CN2CCCC2C(N)=O)cc1N. The highest BCUT2D eigenvalue weighted by Gasteiger charge is 2.28. The van der Waals surface area contributed by atoms with Crippen molar-refractivity contribution < 1.29 is 9.53 Å². The number of likely N-dealkylation sites (tertiary alicyclic amines) is 1. The van der Waals surface area contributed by atoms with Crippen LogP contribution in [0.2, 0.25) is 0 Å². The Balaban J connectivity index is 2.09. The minimum Gasteiger partial charge on any atom is -0.495 e. The van der Waals surface area contributed by atoms with E-state index < -0.39 is 0 Å². The maximum atomic E-state index is 11.3. The molecule has 1 aliphatic rings. The Morgan fingerprint density at radius 1 is 1.56 bits per heavy atom. The normalized spacial score (nSPS) is 19.9. The van der Waals surface area contributed by atoms with Crippen LogP contribution in [0.15, 0.2) is 18.2 Å². The molecule has 4 N–H and O–H groups in total. The molecule has 18 heavy (non-hydrogen) atoms. The molecule has 0 saturated carbocycles. The van der Waals surface area contributed by atoms with E-state index in [0.29, 0.717) is 18.0 Å². The minimum atomic E-state index is -0.242. The van der Waals surface area contributed by atoms with Gasteiger partial charge < -0.3 is 16.2 Å². The number of benzene rings is 1. The quantitative estimate of drug-likeness (QED) is 0.771. The molecule has 1 aromatic rings. The molecule has 98 valence electrons. The molecule has 1 heterocycles. The Morgan fingerprint density at radius 3 is 2.94 bits per heavy atom. The number of nitrogens with two attached hydrogens (primary N) is 2. The van der Waals surface area contributed by atoms with E-state index in [2.05, 4.69) is 4.90 Å². The van der Waals surface area contributed by atoms with Crippen LogP contribution in [0.4, 0.5) is 5.69 Å². The maximum absolute atomic E-state index is 11.3. The fourth-order valence-corrected chi connectivity index (χ4v) is 2.45. The lowest BCUT2D eigenvalue weighted by molar-refractivity contribution is -0.122. The third-order valence-electron chi connectivity index (χ3n) is 3.37. The number of nitrogens with zero attached hydrogens (tertiary/aromatic N) is 1. The molecule has 5 nitrogen and oxygen atoms in total. The second kappa shape index (κ2) is 5.27. The van der Waals surface area contributed by atoms with Crippen molar-refractivity contribution >= 4 is 11.6 Å². The van der Waals surface area contributed by atoms with E-state index in [1.165, 1.54) is 0 Å². The van der Waals surface area contributed by atoms with Crippen LogP contribution in [0.1, 0.15) is 18.4 Å². The van der Waals surface area contributed by atoms with E-state index in [1.54, 1.807) is 7.11 Å². The molecule has 1 atom stereocenters. The van der Waals surface area contributed by atoms with Gasteiger partial charge in [-0.15, -0.1) is 0 Å². The molecule has 1 unspecified atom stereocenters. The third kappa shape index (κ3) is 2.56. The van der Waals surface area contributed by atoms with E-state index >= 15 is 0 Å². The zero-order chi connectivity index (χ0) is 13.1. The largest absolute Gasteiger partial charge is 0.495 e. The van der Waals surface area contributed by atoms with Gasteiger partial charge in [0.1, 0.15) is 5.75 Å². The summed E-state index contributed by atoms with van der Waals surface area (Å²) in [6.07, 6.45) is 1.86. The number of anilines is 1. The Kier molecular flexibility index (Phi) is 3.72. The number of nitrogen functional groups attached to an aromatic ring is 1. The van der Waals surface area contributed by atoms with Crippen LogP contribution in [0, 0.1) is 0 Å². The summed E-state index contributed by atoms with van der Waals surface area (Å²) in [5.74, 6) is 0.431. The van der Waals surface area contributed by atoms with Crippen LogP contribution in [-0.2, 0) is 11.3 Å². The molecule has 0 aliphatic carbocycles. The molecule has 0 radical (unpaired) electrons. The van der Waals surface area contributed by atoms with Crippen LogP contribution < -0.4 is 16.2 Å². The fourth-order valence-electron chi connectivity index (χ4n) is 2.45. The molecule has 0 spiro atoms. The molecular formula is C13H19N3O2. The third-order valence-corrected chi connectivity index (χ3v) is 3.37. The van der Waals surface area contributed by atoms with Crippen molar-refractivity contribution in [1.29, 1.82) is 0 Å². The van der Waals surface area contributed by atoms with E-state index in [1.807, 2.05) is 18.2 Å². The van der Waals surface area contributed by atoms with Crippen LogP contribution in [0.25, 0.3) is 0 Å². The van der Waals surface area contributed by atoms with Crippen molar-refractivity contribution in [1.82, 2.24) is 4.90 Å². The number of ether oxygens (including phenoxy) is 1. The topological polar surface area (TPSA) is 81.6 Å². The van der Waals surface area contributed by atoms with Crippen LogP contribution in [0.3, 0.4) is 0 Å². The molecule has 1 aliphatic heterocycles. The number of amides is 1. The molecule has 1 fully saturated rings. The predicted molar refractivity (Wildman–Crippen MR) is 70.0 cm³/mol. The first-order valence-corrected chi connectivity index (χ1v) is 6.07. The summed E-state index contributed by atoms with van der Waals surface area (Å²) in [5.41, 5.74) is 12.9. The molecule has 5 heteroatoms. The second-order valence-corrected chi connectivity index (χ2v) is 4.61. The highest BCUT2D eigenvalue weighted by molar-refractivity contribution is 5.80. The first-order valence-electron chi connectivity index (χ1n) is 6.07. The van der Waals surface area contributed by atoms with Crippen molar-refractivity contribution in [3.8, 4) is 5.75 Å². The van der Waals surface area contributed by atoms with E-state index in [4.69, 9.17) is 16.2 Å². The number of rotatable bonds is 4. The predicted octanol–water partition coefficient (Wildman–Crippen LogP) is 0.727. The Morgan fingerprint density at radius 2 is 2.33 bits per heavy atom. The summed E-state index contributed by atoms with van der Waals surface area (Å²) < 4.78 is 5.12. The number of methoxy groups -OCH3 is 1. The standard InChI is InChI=1S/C13H19N3O2/c1-18-12-5-4-9(7-10(12)14)8-16-6-2-3-11(16)13(15)17/h4-5,7,11H,2-3,6,8,14H2,1H3,(H2,15,17). The highest BCUT2D eigenvalue weighted by atomic mass is 16.5. The van der Waals surface area contributed by atoms with Crippen molar-refractivity contribution in [2.75, 3.05) is 19.4 Å². The Hall–Kier alpha value is -1.75. The fraction of sp³-hybridized carbons (Fsp3) is 0.462. The average Bonchev–Trinajstić information content (AvgIpc) is 2.77. The first-order chi connectivity index (χ1) is 8.61. The number of hydrogen-bond acceptors (Lipinski definition) is 4. The Bertz CT molecular complexity index is 448. The van der Waals surface area contributed by atoms with Crippen LogP contribution in [0.5, 0.6) is 5.75 Å². The number of carbonyl (C=O) groups excluding carboxylic acids is 1. The summed E-state index contributed by atoms with van der Waals surface area (Å²) in [5, 5.41) is 0. The minimum absolute atomic E-state index is 0.145. The smallest absolute Gasteiger partial charge is 0.234 e. The summed E-state index contributed by atoms with van der Waals surface area (Å²) in [7, 11) is 1.59. The summed E-state index contributed by atoms with van der Waals surface area (Å²) in [6.45, 7) is 1.60. The molecule has 1 saturated heterocycles. The van der Waals surface area contributed by atoms with Gasteiger partial charge in [0.05, 0.1) is 18.8 Å². The monoisotopic (exact) mass is 249 g/mol. The molecule has 2 rings (SSSR count). The zero-order valence-electron chi connectivity index (χ0n) is 10.6. The van der Waals surface area contributed by atoms with Gasteiger partial charge in [-0.25, -0.2) is 0 Å². The van der Waals surface area contributed by atoms with Gasteiger partial charge in [0.25, 0.3) is 0 Å². The number of hydrogen-bond donors (Lipinski definition) is 2. The summed E-state index contributed by atoms with van der Waals surface area (Å²) in [6, 6.07) is 5.55. The maximum Gasteiger partial charge on any atom is 0.234 e. The van der Waals surface area contributed by atoms with Crippen LogP contribution in [-0.4, -0.2) is 30.5 Å². The zero-order valence-corrected chi connectivity index (χ0v) is 10.6. The van der Waals surface area contributed by atoms with Gasteiger partial charge in [0, 0.05) is 6.54 Å². The van der Waals surface area contributed by atoms with E-state index in [-0.39, 0.29) is 11.9 Å². The molecule has 1 aromatic carbocycles. The van der Waals surface area contributed by atoms with Gasteiger partial charge in [-0.1, -0.05) is 6.07 Å². The van der Waals surface area contributed by atoms with Crippen molar-refractivity contribution in [2.45, 2.75) is 25.4 Å². The van der Waals surface area contributed by atoms with Crippen molar-refractivity contribution in [2.24, 2.45) is 5.73 Å². The van der Waals surface area contributed by atoms with Gasteiger partial charge in [0.2, 0.25) is 5.91 Å². The van der Waals surface area contributed by atoms with Crippen LogP contribution >= 0.6 is 0 Å². The lowest BCUT2D eigenvalue weighted by atomic mass is 10.1. The lowest BCUT2D eigenvalue weighted by Gasteiger charge is -2.22. The average molecular weight is 249 g/mol. The van der Waals surface area contributed by atoms with Gasteiger partial charge in [-0.2, -0.15) is 0 Å². The Labute approximate surface area is 107 Å². The van der Waals surface area contributed by atoms with Gasteiger partial charge in [0.15, 0.2) is 0 Å². The molecular weight excluding hydrogens is 230 g/mol.